The molecule has 1 amide bonds. The van der Waals surface area contributed by atoms with Gasteiger partial charge in [-0.15, -0.1) is 0 Å². The smallest absolute Gasteiger partial charge is 0.254 e. The Labute approximate surface area is 108 Å². The summed E-state index contributed by atoms with van der Waals surface area (Å²) in [6, 6.07) is 8.26. The van der Waals surface area contributed by atoms with Crippen molar-refractivity contribution < 1.29 is 4.79 Å². The van der Waals surface area contributed by atoms with E-state index in [1.165, 1.54) is 30.4 Å². The molecule has 1 aromatic rings. The predicted octanol–water partition coefficient (Wildman–Crippen LogP) is 3.60. The summed E-state index contributed by atoms with van der Waals surface area (Å²) in [5.74, 6) is 0.246. The second kappa shape index (κ2) is 4.60. The minimum absolute atomic E-state index is 0.246. The molecule has 3 rings (SSSR count). The van der Waals surface area contributed by atoms with Crippen LogP contribution in [0.3, 0.4) is 0 Å². The Hall–Kier alpha value is -1.57. The van der Waals surface area contributed by atoms with Crippen molar-refractivity contribution >= 4 is 11.6 Å². The zero-order valence-corrected chi connectivity index (χ0v) is 10.9. The molecule has 0 atom stereocenters. The predicted molar refractivity (Wildman–Crippen MR) is 73.6 cm³/mol. The van der Waals surface area contributed by atoms with Crippen molar-refractivity contribution in [2.75, 3.05) is 11.4 Å². The van der Waals surface area contributed by atoms with Gasteiger partial charge in [-0.3, -0.25) is 4.79 Å². The van der Waals surface area contributed by atoms with E-state index in [2.05, 4.69) is 31.2 Å². The fourth-order valence-electron chi connectivity index (χ4n) is 2.94. The number of aryl methyl sites for hydroxylation is 1. The Morgan fingerprint density at radius 3 is 2.50 bits per heavy atom. The van der Waals surface area contributed by atoms with Gasteiger partial charge in [-0.05, 0) is 50.3 Å². The molecule has 1 aliphatic heterocycles. The molecule has 94 valence electrons. The van der Waals surface area contributed by atoms with Crippen molar-refractivity contribution in [3.05, 3.63) is 41.0 Å². The second-order valence-corrected chi connectivity index (χ2v) is 5.37. The molecule has 0 saturated carbocycles. The number of hydrogen-bond donors (Lipinski definition) is 0. The van der Waals surface area contributed by atoms with E-state index in [4.69, 9.17) is 0 Å². The lowest BCUT2D eigenvalue weighted by Gasteiger charge is -2.18. The standard InChI is InChI=1S/C16H19NO/c1-12-7-9-14(10-8-12)17-11-13-5-3-2-4-6-15(13)16(17)18/h7-10H,2-6,11H2,1H3. The summed E-state index contributed by atoms with van der Waals surface area (Å²) in [5, 5.41) is 0. The van der Waals surface area contributed by atoms with Crippen LogP contribution in [-0.2, 0) is 4.79 Å². The van der Waals surface area contributed by atoms with Crippen LogP contribution in [0, 0.1) is 6.92 Å². The lowest BCUT2D eigenvalue weighted by atomic mass is 10.1. The molecule has 0 N–H and O–H groups in total. The lowest BCUT2D eigenvalue weighted by Crippen LogP contribution is -2.26. The summed E-state index contributed by atoms with van der Waals surface area (Å²) in [6.45, 7) is 2.89. The molecule has 1 aliphatic carbocycles. The number of hydrogen-bond acceptors (Lipinski definition) is 1. The van der Waals surface area contributed by atoms with E-state index in [1.54, 1.807) is 0 Å². The molecule has 0 bridgehead atoms. The summed E-state index contributed by atoms with van der Waals surface area (Å²) in [5.41, 5.74) is 4.77. The van der Waals surface area contributed by atoms with Gasteiger partial charge < -0.3 is 4.90 Å². The summed E-state index contributed by atoms with van der Waals surface area (Å²) >= 11 is 0. The molecule has 18 heavy (non-hydrogen) atoms. The van der Waals surface area contributed by atoms with Gasteiger partial charge in [0.05, 0.1) is 0 Å². The maximum atomic E-state index is 12.4. The number of nitrogens with zero attached hydrogens (tertiary/aromatic N) is 1. The minimum atomic E-state index is 0.246. The van der Waals surface area contributed by atoms with Gasteiger partial charge in [0.1, 0.15) is 0 Å². The molecule has 2 nitrogen and oxygen atoms in total. The third kappa shape index (κ3) is 1.96. The van der Waals surface area contributed by atoms with Crippen LogP contribution in [0.1, 0.15) is 37.7 Å². The first-order valence-corrected chi connectivity index (χ1v) is 6.85. The maximum Gasteiger partial charge on any atom is 0.254 e. The fourth-order valence-corrected chi connectivity index (χ4v) is 2.94. The summed E-state index contributed by atoms with van der Waals surface area (Å²) in [4.78, 5) is 14.4. The number of benzene rings is 1. The van der Waals surface area contributed by atoms with Crippen LogP contribution in [0.4, 0.5) is 5.69 Å². The Kier molecular flexibility index (Phi) is 2.94. The first kappa shape index (κ1) is 11.5. The molecule has 0 spiro atoms. The number of anilines is 1. The van der Waals surface area contributed by atoms with E-state index in [-0.39, 0.29) is 5.91 Å². The van der Waals surface area contributed by atoms with Crippen LogP contribution in [0.15, 0.2) is 35.4 Å². The van der Waals surface area contributed by atoms with Gasteiger partial charge in [0.2, 0.25) is 0 Å². The number of rotatable bonds is 1. The molecule has 0 aromatic heterocycles. The number of carbonyl (C=O) groups excluding carboxylic acids is 1. The van der Waals surface area contributed by atoms with Crippen LogP contribution < -0.4 is 4.90 Å². The molecule has 0 unspecified atom stereocenters. The molecule has 1 aromatic carbocycles. The van der Waals surface area contributed by atoms with Crippen LogP contribution in [0.25, 0.3) is 0 Å². The minimum Gasteiger partial charge on any atom is -0.305 e. The monoisotopic (exact) mass is 241 g/mol. The van der Waals surface area contributed by atoms with Gasteiger partial charge in [0.25, 0.3) is 5.91 Å². The Morgan fingerprint density at radius 2 is 1.72 bits per heavy atom. The third-order valence-corrected chi connectivity index (χ3v) is 4.03. The second-order valence-electron chi connectivity index (χ2n) is 5.37. The highest BCUT2D eigenvalue weighted by atomic mass is 16.2. The van der Waals surface area contributed by atoms with Crippen molar-refractivity contribution in [3.63, 3.8) is 0 Å². The highest BCUT2D eigenvalue weighted by molar-refractivity contribution is 6.09. The average Bonchev–Trinajstić information content (AvgIpc) is 2.57. The zero-order chi connectivity index (χ0) is 12.5. The fraction of sp³-hybridized carbons (Fsp3) is 0.438. The Bertz CT molecular complexity index is 498. The summed E-state index contributed by atoms with van der Waals surface area (Å²) < 4.78 is 0. The largest absolute Gasteiger partial charge is 0.305 e. The molecule has 0 saturated heterocycles. The number of carbonyl (C=O) groups is 1. The first-order chi connectivity index (χ1) is 8.75. The van der Waals surface area contributed by atoms with Gasteiger partial charge >= 0.3 is 0 Å². The molecule has 2 heteroatoms. The van der Waals surface area contributed by atoms with E-state index in [1.807, 2.05) is 4.90 Å². The van der Waals surface area contributed by atoms with Gasteiger partial charge in [-0.2, -0.15) is 0 Å². The molecule has 2 aliphatic rings. The van der Waals surface area contributed by atoms with Gasteiger partial charge in [0, 0.05) is 17.8 Å². The van der Waals surface area contributed by atoms with Crippen LogP contribution >= 0.6 is 0 Å². The molecule has 0 radical (unpaired) electrons. The van der Waals surface area contributed by atoms with Crippen LogP contribution in [0.2, 0.25) is 0 Å². The maximum absolute atomic E-state index is 12.4. The van der Waals surface area contributed by atoms with Crippen molar-refractivity contribution in [2.45, 2.75) is 39.0 Å². The lowest BCUT2D eigenvalue weighted by molar-refractivity contribution is -0.114. The van der Waals surface area contributed by atoms with Crippen molar-refractivity contribution in [2.24, 2.45) is 0 Å². The molecule has 1 heterocycles. The van der Waals surface area contributed by atoms with E-state index < -0.39 is 0 Å². The quantitative estimate of drug-likeness (QED) is 0.735. The molecule has 0 fully saturated rings. The summed E-state index contributed by atoms with van der Waals surface area (Å²) in [6.07, 6.45) is 5.78. The van der Waals surface area contributed by atoms with E-state index in [0.717, 1.165) is 30.6 Å². The van der Waals surface area contributed by atoms with Crippen molar-refractivity contribution in [1.82, 2.24) is 0 Å². The SMILES string of the molecule is Cc1ccc(N2CC3=C(CCCCC3)C2=O)cc1. The highest BCUT2D eigenvalue weighted by Gasteiger charge is 2.31. The summed E-state index contributed by atoms with van der Waals surface area (Å²) in [7, 11) is 0. The van der Waals surface area contributed by atoms with Crippen molar-refractivity contribution in [1.29, 1.82) is 0 Å². The van der Waals surface area contributed by atoms with E-state index in [9.17, 15) is 4.79 Å². The zero-order valence-electron chi connectivity index (χ0n) is 10.9. The topological polar surface area (TPSA) is 20.3 Å². The Balaban J connectivity index is 1.86. The molecular formula is C16H19NO. The average molecular weight is 241 g/mol. The van der Waals surface area contributed by atoms with Gasteiger partial charge in [0.15, 0.2) is 0 Å². The number of amides is 1. The van der Waals surface area contributed by atoms with Crippen LogP contribution in [0.5, 0.6) is 0 Å². The molecular weight excluding hydrogens is 222 g/mol. The normalized spacial score (nSPS) is 20.1. The third-order valence-electron chi connectivity index (χ3n) is 4.03. The van der Waals surface area contributed by atoms with Gasteiger partial charge in [-0.25, -0.2) is 0 Å². The van der Waals surface area contributed by atoms with E-state index >= 15 is 0 Å². The van der Waals surface area contributed by atoms with Crippen LogP contribution in [-0.4, -0.2) is 12.5 Å². The van der Waals surface area contributed by atoms with Crippen molar-refractivity contribution in [3.8, 4) is 0 Å². The highest BCUT2D eigenvalue weighted by Crippen LogP contribution is 2.33. The Morgan fingerprint density at radius 1 is 1.00 bits per heavy atom. The van der Waals surface area contributed by atoms with E-state index in [0.29, 0.717) is 0 Å². The van der Waals surface area contributed by atoms with Gasteiger partial charge in [-0.1, -0.05) is 24.1 Å². The first-order valence-electron chi connectivity index (χ1n) is 6.85.